The fraction of sp³-hybridized carbons (Fsp3) is 0.571. The van der Waals surface area contributed by atoms with Gasteiger partial charge >= 0.3 is 0 Å². The summed E-state index contributed by atoms with van der Waals surface area (Å²) in [5.41, 5.74) is 1.98. The van der Waals surface area contributed by atoms with Crippen LogP contribution in [-0.4, -0.2) is 23.8 Å². The summed E-state index contributed by atoms with van der Waals surface area (Å²) < 4.78 is 0. The molecule has 1 fully saturated rings. The average Bonchev–Trinajstić information content (AvgIpc) is 2.26. The van der Waals surface area contributed by atoms with Crippen LogP contribution < -0.4 is 5.32 Å². The monoisotopic (exact) mass is 219 g/mol. The van der Waals surface area contributed by atoms with Crippen molar-refractivity contribution in [3.8, 4) is 0 Å². The lowest BCUT2D eigenvalue weighted by Crippen LogP contribution is -2.50. The van der Waals surface area contributed by atoms with Crippen molar-refractivity contribution in [1.29, 1.82) is 0 Å². The highest BCUT2D eigenvalue weighted by Crippen LogP contribution is 2.28. The number of benzene rings is 1. The van der Waals surface area contributed by atoms with Crippen LogP contribution in [0.4, 0.5) is 0 Å². The van der Waals surface area contributed by atoms with Crippen molar-refractivity contribution in [2.45, 2.75) is 32.3 Å². The first kappa shape index (κ1) is 11.6. The predicted octanol–water partition coefficient (Wildman–Crippen LogP) is 1.90. The summed E-state index contributed by atoms with van der Waals surface area (Å²) in [5, 5.41) is 13.9. The van der Waals surface area contributed by atoms with Crippen molar-refractivity contribution in [1.82, 2.24) is 5.32 Å². The molecule has 2 N–H and O–H groups in total. The third-order valence-corrected chi connectivity index (χ3v) is 3.73. The first-order valence-electron chi connectivity index (χ1n) is 6.09. The van der Waals surface area contributed by atoms with Crippen molar-refractivity contribution in [3.63, 3.8) is 0 Å². The van der Waals surface area contributed by atoms with E-state index in [0.717, 1.165) is 25.9 Å². The molecule has 1 aromatic carbocycles. The Labute approximate surface area is 97.7 Å². The molecule has 0 aromatic heterocycles. The summed E-state index contributed by atoms with van der Waals surface area (Å²) in [6.07, 6.45) is 1.62. The molecule has 0 amide bonds. The molecule has 1 aliphatic heterocycles. The van der Waals surface area contributed by atoms with Gasteiger partial charge < -0.3 is 10.4 Å². The van der Waals surface area contributed by atoms with Crippen LogP contribution in [-0.2, 0) is 6.42 Å². The van der Waals surface area contributed by atoms with Gasteiger partial charge in [-0.05, 0) is 31.4 Å². The standard InChI is InChI=1S/C14H21NO/c1-11-3-5-13(6-4-11)9-14(16)7-8-15-10-12(14)2/h3-6,12,15-16H,7-10H2,1-2H3. The maximum absolute atomic E-state index is 10.6. The molecule has 1 aliphatic rings. The number of piperidine rings is 1. The molecule has 2 atom stereocenters. The van der Waals surface area contributed by atoms with Gasteiger partial charge in [-0.2, -0.15) is 0 Å². The Balaban J connectivity index is 2.10. The van der Waals surface area contributed by atoms with Gasteiger partial charge in [0.15, 0.2) is 0 Å². The van der Waals surface area contributed by atoms with E-state index in [1.807, 2.05) is 0 Å². The Morgan fingerprint density at radius 1 is 1.38 bits per heavy atom. The zero-order chi connectivity index (χ0) is 11.6. The van der Waals surface area contributed by atoms with Crippen molar-refractivity contribution in [3.05, 3.63) is 35.4 Å². The molecule has 2 rings (SSSR count). The number of hydrogen-bond acceptors (Lipinski definition) is 2. The number of rotatable bonds is 2. The zero-order valence-electron chi connectivity index (χ0n) is 10.2. The van der Waals surface area contributed by atoms with Crippen LogP contribution >= 0.6 is 0 Å². The Bertz CT molecular complexity index is 346. The molecule has 0 saturated carbocycles. The van der Waals surface area contributed by atoms with Crippen molar-refractivity contribution in [2.24, 2.45) is 5.92 Å². The first-order chi connectivity index (χ1) is 7.60. The molecular formula is C14H21NO. The number of nitrogens with one attached hydrogen (secondary N) is 1. The Hall–Kier alpha value is -0.860. The van der Waals surface area contributed by atoms with Crippen LogP contribution in [0.25, 0.3) is 0 Å². The van der Waals surface area contributed by atoms with Crippen LogP contribution in [0, 0.1) is 12.8 Å². The average molecular weight is 219 g/mol. The van der Waals surface area contributed by atoms with Gasteiger partial charge in [0.1, 0.15) is 0 Å². The molecule has 2 heteroatoms. The van der Waals surface area contributed by atoms with E-state index in [-0.39, 0.29) is 0 Å². The molecule has 2 nitrogen and oxygen atoms in total. The van der Waals surface area contributed by atoms with E-state index in [0.29, 0.717) is 5.92 Å². The minimum absolute atomic E-state index is 0.322. The molecule has 0 spiro atoms. The van der Waals surface area contributed by atoms with Crippen LogP contribution in [0.15, 0.2) is 24.3 Å². The summed E-state index contributed by atoms with van der Waals surface area (Å²) in [7, 11) is 0. The third-order valence-electron chi connectivity index (χ3n) is 3.73. The number of aliphatic hydroxyl groups is 1. The summed E-state index contributed by atoms with van der Waals surface area (Å²) in [6.45, 7) is 6.06. The Kier molecular flexibility index (Phi) is 3.31. The minimum Gasteiger partial charge on any atom is -0.389 e. The van der Waals surface area contributed by atoms with Crippen molar-refractivity contribution in [2.75, 3.05) is 13.1 Å². The lowest BCUT2D eigenvalue weighted by molar-refractivity contribution is -0.0329. The van der Waals surface area contributed by atoms with Gasteiger partial charge in [0.2, 0.25) is 0 Å². The van der Waals surface area contributed by atoms with E-state index < -0.39 is 5.60 Å². The largest absolute Gasteiger partial charge is 0.389 e. The van der Waals surface area contributed by atoms with E-state index in [1.54, 1.807) is 0 Å². The first-order valence-corrected chi connectivity index (χ1v) is 6.09. The van der Waals surface area contributed by atoms with Gasteiger partial charge in [-0.25, -0.2) is 0 Å². The lowest BCUT2D eigenvalue weighted by atomic mass is 9.78. The van der Waals surface area contributed by atoms with Gasteiger partial charge in [0, 0.05) is 13.0 Å². The van der Waals surface area contributed by atoms with Gasteiger partial charge in [-0.1, -0.05) is 36.8 Å². The summed E-state index contributed by atoms with van der Waals surface area (Å²) >= 11 is 0. The van der Waals surface area contributed by atoms with Crippen molar-refractivity contribution >= 4 is 0 Å². The quantitative estimate of drug-likeness (QED) is 0.796. The zero-order valence-corrected chi connectivity index (χ0v) is 10.2. The second-order valence-electron chi connectivity index (χ2n) is 5.12. The molecule has 88 valence electrons. The fourth-order valence-electron chi connectivity index (χ4n) is 2.38. The molecule has 16 heavy (non-hydrogen) atoms. The highest BCUT2D eigenvalue weighted by molar-refractivity contribution is 5.23. The van der Waals surface area contributed by atoms with Gasteiger partial charge in [-0.3, -0.25) is 0 Å². The Morgan fingerprint density at radius 3 is 2.69 bits per heavy atom. The molecular weight excluding hydrogens is 198 g/mol. The minimum atomic E-state index is -0.527. The highest BCUT2D eigenvalue weighted by Gasteiger charge is 2.35. The third kappa shape index (κ3) is 2.45. The van der Waals surface area contributed by atoms with Gasteiger partial charge in [0.25, 0.3) is 0 Å². The van der Waals surface area contributed by atoms with Gasteiger partial charge in [0.05, 0.1) is 5.60 Å². The topological polar surface area (TPSA) is 32.3 Å². The van der Waals surface area contributed by atoms with E-state index in [9.17, 15) is 5.11 Å². The van der Waals surface area contributed by atoms with E-state index in [2.05, 4.69) is 43.4 Å². The van der Waals surface area contributed by atoms with Crippen LogP contribution in [0.2, 0.25) is 0 Å². The maximum Gasteiger partial charge on any atom is 0.0737 e. The fourth-order valence-corrected chi connectivity index (χ4v) is 2.38. The van der Waals surface area contributed by atoms with E-state index in [1.165, 1.54) is 11.1 Å². The predicted molar refractivity (Wildman–Crippen MR) is 66.5 cm³/mol. The molecule has 0 aliphatic carbocycles. The normalized spacial score (nSPS) is 30.3. The second kappa shape index (κ2) is 4.56. The SMILES string of the molecule is Cc1ccc(CC2(O)CCNCC2C)cc1. The molecule has 0 bridgehead atoms. The molecule has 1 aromatic rings. The summed E-state index contributed by atoms with van der Waals surface area (Å²) in [5.74, 6) is 0.322. The highest BCUT2D eigenvalue weighted by atomic mass is 16.3. The lowest BCUT2D eigenvalue weighted by Gasteiger charge is -2.38. The molecule has 1 saturated heterocycles. The molecule has 0 radical (unpaired) electrons. The van der Waals surface area contributed by atoms with Gasteiger partial charge in [-0.15, -0.1) is 0 Å². The Morgan fingerprint density at radius 2 is 2.06 bits per heavy atom. The number of hydrogen-bond donors (Lipinski definition) is 2. The molecule has 1 heterocycles. The van der Waals surface area contributed by atoms with E-state index in [4.69, 9.17) is 0 Å². The van der Waals surface area contributed by atoms with Crippen molar-refractivity contribution < 1.29 is 5.11 Å². The van der Waals surface area contributed by atoms with Crippen LogP contribution in [0.1, 0.15) is 24.5 Å². The summed E-state index contributed by atoms with van der Waals surface area (Å²) in [4.78, 5) is 0. The number of aryl methyl sites for hydroxylation is 1. The van der Waals surface area contributed by atoms with Crippen LogP contribution in [0.3, 0.4) is 0 Å². The van der Waals surface area contributed by atoms with Crippen LogP contribution in [0.5, 0.6) is 0 Å². The second-order valence-corrected chi connectivity index (χ2v) is 5.12. The molecule has 2 unspecified atom stereocenters. The maximum atomic E-state index is 10.6. The van der Waals surface area contributed by atoms with E-state index >= 15 is 0 Å². The smallest absolute Gasteiger partial charge is 0.0737 e. The summed E-state index contributed by atoms with van der Waals surface area (Å²) in [6, 6.07) is 8.49.